The van der Waals surface area contributed by atoms with Gasteiger partial charge in [0.25, 0.3) is 0 Å². The molecule has 3 aromatic rings. The van der Waals surface area contributed by atoms with Gasteiger partial charge < -0.3 is 0 Å². The van der Waals surface area contributed by atoms with E-state index in [0.717, 1.165) is 23.5 Å². The minimum absolute atomic E-state index is 0.766. The van der Waals surface area contributed by atoms with Crippen molar-refractivity contribution in [1.29, 1.82) is 0 Å². The van der Waals surface area contributed by atoms with Gasteiger partial charge in [0.15, 0.2) is 5.65 Å². The van der Waals surface area contributed by atoms with E-state index in [1.165, 1.54) is 35.2 Å². The molecule has 3 aromatic heterocycles. The normalized spacial score (nSPS) is 16.6. The molecular formula is C16H17N3S2. The highest BCUT2D eigenvalue weighted by atomic mass is 32.2. The van der Waals surface area contributed by atoms with Gasteiger partial charge >= 0.3 is 0 Å². The zero-order valence-electron chi connectivity index (χ0n) is 11.7. The van der Waals surface area contributed by atoms with Gasteiger partial charge in [-0.3, -0.25) is 4.57 Å². The number of thioether (sulfide) groups is 1. The zero-order chi connectivity index (χ0) is 14.1. The van der Waals surface area contributed by atoms with Crippen LogP contribution in [0.15, 0.2) is 35.8 Å². The molecule has 0 aromatic carbocycles. The number of fused-ring (bicyclic) bond motifs is 1. The van der Waals surface area contributed by atoms with Crippen molar-refractivity contribution in [3.63, 3.8) is 0 Å². The molecule has 21 heavy (non-hydrogen) atoms. The van der Waals surface area contributed by atoms with Gasteiger partial charge in [-0.05, 0) is 59.9 Å². The molecule has 0 unspecified atom stereocenters. The smallest absolute Gasteiger partial charge is 0.165 e. The first-order chi connectivity index (χ1) is 10.4. The van der Waals surface area contributed by atoms with E-state index in [4.69, 9.17) is 4.98 Å². The number of imidazole rings is 1. The summed E-state index contributed by atoms with van der Waals surface area (Å²) in [5, 5.41) is 3.34. The van der Waals surface area contributed by atoms with Crippen molar-refractivity contribution in [3.8, 4) is 5.00 Å². The minimum atomic E-state index is 0.766. The molecule has 0 bridgehead atoms. The van der Waals surface area contributed by atoms with Crippen molar-refractivity contribution in [2.75, 3.05) is 11.5 Å². The predicted molar refractivity (Wildman–Crippen MR) is 90.5 cm³/mol. The maximum atomic E-state index is 4.86. The molecule has 0 amide bonds. The highest BCUT2D eigenvalue weighted by Gasteiger charge is 2.20. The van der Waals surface area contributed by atoms with Gasteiger partial charge in [-0.15, -0.1) is 11.3 Å². The van der Waals surface area contributed by atoms with Crippen molar-refractivity contribution in [2.45, 2.75) is 19.3 Å². The number of thiophene rings is 1. The van der Waals surface area contributed by atoms with Gasteiger partial charge in [0.1, 0.15) is 16.3 Å². The SMILES string of the molecule is c1csc(-n2c(CC3CCSCC3)nc3cccnc32)c1. The second-order valence-electron chi connectivity index (χ2n) is 5.42. The summed E-state index contributed by atoms with van der Waals surface area (Å²) in [5.41, 5.74) is 1.99. The molecule has 1 saturated heterocycles. The topological polar surface area (TPSA) is 30.7 Å². The number of pyridine rings is 1. The van der Waals surface area contributed by atoms with Gasteiger partial charge in [0.05, 0.1) is 0 Å². The van der Waals surface area contributed by atoms with Crippen molar-refractivity contribution in [1.82, 2.24) is 14.5 Å². The maximum Gasteiger partial charge on any atom is 0.165 e. The molecule has 0 atom stereocenters. The molecular weight excluding hydrogens is 298 g/mol. The second-order valence-corrected chi connectivity index (χ2v) is 7.57. The van der Waals surface area contributed by atoms with Gasteiger partial charge in [-0.25, -0.2) is 9.97 Å². The summed E-state index contributed by atoms with van der Waals surface area (Å²) in [7, 11) is 0. The number of rotatable bonds is 3. The third kappa shape index (κ3) is 2.60. The molecule has 0 spiro atoms. The van der Waals surface area contributed by atoms with Crippen LogP contribution in [0.3, 0.4) is 0 Å². The lowest BCUT2D eigenvalue weighted by molar-refractivity contribution is 0.474. The molecule has 4 rings (SSSR count). The van der Waals surface area contributed by atoms with Crippen LogP contribution in [0.4, 0.5) is 0 Å². The Morgan fingerprint density at radius 3 is 2.90 bits per heavy atom. The molecule has 1 aliphatic heterocycles. The summed E-state index contributed by atoms with van der Waals surface area (Å²) in [6.07, 6.45) is 5.54. The number of aromatic nitrogens is 3. The molecule has 0 N–H and O–H groups in total. The van der Waals surface area contributed by atoms with Crippen molar-refractivity contribution in [3.05, 3.63) is 41.7 Å². The van der Waals surface area contributed by atoms with Crippen molar-refractivity contribution in [2.24, 2.45) is 5.92 Å². The highest BCUT2D eigenvalue weighted by Crippen LogP contribution is 2.29. The van der Waals surface area contributed by atoms with Crippen molar-refractivity contribution < 1.29 is 0 Å². The van der Waals surface area contributed by atoms with Gasteiger partial charge in [-0.2, -0.15) is 11.8 Å². The van der Waals surface area contributed by atoms with Crippen LogP contribution in [-0.4, -0.2) is 26.0 Å². The monoisotopic (exact) mass is 315 g/mol. The number of nitrogens with zero attached hydrogens (tertiary/aromatic N) is 3. The molecule has 0 radical (unpaired) electrons. The van der Waals surface area contributed by atoms with E-state index in [0.29, 0.717) is 0 Å². The van der Waals surface area contributed by atoms with Crippen LogP contribution in [0.25, 0.3) is 16.2 Å². The molecule has 0 saturated carbocycles. The van der Waals surface area contributed by atoms with Crippen LogP contribution < -0.4 is 0 Å². The Kier molecular flexibility index (Phi) is 3.69. The average molecular weight is 315 g/mol. The second kappa shape index (κ2) is 5.81. The molecule has 1 fully saturated rings. The molecule has 3 nitrogen and oxygen atoms in total. The molecule has 0 aliphatic carbocycles. The first-order valence-corrected chi connectivity index (χ1v) is 9.39. The fourth-order valence-corrected chi connectivity index (χ4v) is 4.89. The first-order valence-electron chi connectivity index (χ1n) is 7.36. The van der Waals surface area contributed by atoms with E-state index in [1.807, 2.05) is 12.3 Å². The first kappa shape index (κ1) is 13.3. The van der Waals surface area contributed by atoms with Crippen molar-refractivity contribution >= 4 is 34.3 Å². The zero-order valence-corrected chi connectivity index (χ0v) is 13.4. The minimum Gasteiger partial charge on any atom is -0.271 e. The predicted octanol–water partition coefficient (Wildman–Crippen LogP) is 4.17. The van der Waals surface area contributed by atoms with Crippen LogP contribution in [0, 0.1) is 5.92 Å². The molecule has 1 aliphatic rings. The van der Waals surface area contributed by atoms with Crippen LogP contribution >= 0.6 is 23.1 Å². The lowest BCUT2D eigenvalue weighted by Gasteiger charge is -2.21. The van der Waals surface area contributed by atoms with Crippen LogP contribution in [0.1, 0.15) is 18.7 Å². The van der Waals surface area contributed by atoms with Gasteiger partial charge in [0, 0.05) is 12.6 Å². The quantitative estimate of drug-likeness (QED) is 0.727. The summed E-state index contributed by atoms with van der Waals surface area (Å²) < 4.78 is 2.25. The van der Waals surface area contributed by atoms with Crippen LogP contribution in [0.5, 0.6) is 0 Å². The lowest BCUT2D eigenvalue weighted by Crippen LogP contribution is -2.14. The lowest BCUT2D eigenvalue weighted by atomic mass is 9.98. The largest absolute Gasteiger partial charge is 0.271 e. The van der Waals surface area contributed by atoms with E-state index >= 15 is 0 Å². The third-order valence-electron chi connectivity index (χ3n) is 4.02. The summed E-state index contributed by atoms with van der Waals surface area (Å²) >= 11 is 3.83. The Bertz CT molecular complexity index is 727. The fourth-order valence-electron chi connectivity index (χ4n) is 2.93. The molecule has 108 valence electrons. The Morgan fingerprint density at radius 2 is 2.10 bits per heavy atom. The van der Waals surface area contributed by atoms with Crippen LogP contribution in [-0.2, 0) is 6.42 Å². The highest BCUT2D eigenvalue weighted by molar-refractivity contribution is 7.99. The summed E-state index contributed by atoms with van der Waals surface area (Å²) in [6.45, 7) is 0. The van der Waals surface area contributed by atoms with Crippen LogP contribution in [0.2, 0.25) is 0 Å². The summed E-state index contributed by atoms with van der Waals surface area (Å²) in [4.78, 5) is 9.42. The summed E-state index contributed by atoms with van der Waals surface area (Å²) in [6, 6.07) is 8.28. The number of hydrogen-bond acceptors (Lipinski definition) is 4. The van der Waals surface area contributed by atoms with E-state index in [1.54, 1.807) is 11.3 Å². The fraction of sp³-hybridized carbons (Fsp3) is 0.375. The Morgan fingerprint density at radius 1 is 1.19 bits per heavy atom. The van der Waals surface area contributed by atoms with E-state index in [2.05, 4.69) is 44.9 Å². The number of hydrogen-bond donors (Lipinski definition) is 0. The van der Waals surface area contributed by atoms with Gasteiger partial charge in [0.2, 0.25) is 0 Å². The average Bonchev–Trinajstić information content (AvgIpc) is 3.14. The maximum absolute atomic E-state index is 4.86. The van der Waals surface area contributed by atoms with E-state index < -0.39 is 0 Å². The Balaban J connectivity index is 1.78. The Hall–Kier alpha value is -1.33. The van der Waals surface area contributed by atoms with E-state index in [-0.39, 0.29) is 0 Å². The van der Waals surface area contributed by atoms with Gasteiger partial charge in [-0.1, -0.05) is 0 Å². The third-order valence-corrected chi connectivity index (χ3v) is 5.93. The standard InChI is InChI=1S/C16H17N3S2/c1-3-13-16(17-7-1)19(15-4-2-8-21-15)14(18-13)11-12-5-9-20-10-6-12/h1-4,7-8,12H,5-6,9-11H2. The molecule has 5 heteroatoms. The molecule has 4 heterocycles. The Labute approximate surface area is 132 Å². The van der Waals surface area contributed by atoms with E-state index in [9.17, 15) is 0 Å². The summed E-state index contributed by atoms with van der Waals surface area (Å²) in [5.74, 6) is 4.52.